The van der Waals surface area contributed by atoms with Crippen molar-refractivity contribution >= 4 is 38.9 Å². The lowest BCUT2D eigenvalue weighted by molar-refractivity contribution is 0.496. The van der Waals surface area contributed by atoms with Crippen LogP contribution in [0.25, 0.3) is 33.0 Å². The Labute approximate surface area is 253 Å². The van der Waals surface area contributed by atoms with Crippen LogP contribution in [0.4, 0.5) is 5.95 Å². The fraction of sp³-hybridized carbons (Fsp3) is 0.265. The quantitative estimate of drug-likeness (QED) is 0.298. The zero-order valence-corrected chi connectivity index (χ0v) is 24.5. The monoisotopic (exact) mass is 584 g/mol. The predicted molar refractivity (Wildman–Crippen MR) is 173 cm³/mol. The molecule has 0 amide bonds. The van der Waals surface area contributed by atoms with Gasteiger partial charge in [0.2, 0.25) is 5.95 Å². The normalized spacial score (nSPS) is 15.1. The largest absolute Gasteiger partial charge is 0.341 e. The zero-order valence-electron chi connectivity index (χ0n) is 24.5. The Bertz CT molecular complexity index is 2220. The van der Waals surface area contributed by atoms with Gasteiger partial charge in [-0.25, -0.2) is 4.79 Å². The number of benzene rings is 2. The molecule has 1 aliphatic heterocycles. The Morgan fingerprint density at radius 2 is 1.45 bits per heavy atom. The van der Waals surface area contributed by atoms with Gasteiger partial charge in [0, 0.05) is 29.9 Å². The number of nitrogens with zero attached hydrogens (tertiary/aromatic N) is 7. The molecule has 0 aliphatic carbocycles. The molecule has 10 heteroatoms. The molecule has 7 rings (SSSR count). The first-order chi connectivity index (χ1) is 21.5. The number of hydrogen-bond donors (Lipinski definition) is 1. The van der Waals surface area contributed by atoms with E-state index in [9.17, 15) is 9.59 Å². The Kier molecular flexibility index (Phi) is 7.16. The maximum atomic E-state index is 14.3. The van der Waals surface area contributed by atoms with Crippen molar-refractivity contribution in [3.8, 4) is 11.8 Å². The molecule has 1 aliphatic rings. The number of imidazole rings is 1. The third kappa shape index (κ3) is 5.01. The molecule has 6 aromatic rings. The van der Waals surface area contributed by atoms with E-state index in [1.54, 1.807) is 11.5 Å². The van der Waals surface area contributed by atoms with Gasteiger partial charge in [0.25, 0.3) is 5.56 Å². The number of piperidine rings is 1. The van der Waals surface area contributed by atoms with E-state index in [1.807, 2.05) is 77.4 Å². The van der Waals surface area contributed by atoms with Crippen molar-refractivity contribution < 1.29 is 0 Å². The molecule has 2 aromatic carbocycles. The molecular weight excluding hydrogens is 552 g/mol. The summed E-state index contributed by atoms with van der Waals surface area (Å²) in [5, 5.41) is 1.99. The second kappa shape index (κ2) is 11.4. The second-order valence-corrected chi connectivity index (χ2v) is 11.2. The number of aromatic nitrogens is 6. The highest BCUT2D eigenvalue weighted by Crippen LogP contribution is 2.24. The molecule has 0 unspecified atom stereocenters. The van der Waals surface area contributed by atoms with Crippen molar-refractivity contribution in [1.29, 1.82) is 0 Å². The van der Waals surface area contributed by atoms with Crippen LogP contribution >= 0.6 is 0 Å². The van der Waals surface area contributed by atoms with Crippen molar-refractivity contribution in [2.75, 3.05) is 18.0 Å². The first-order valence-electron chi connectivity index (χ1n) is 14.8. The lowest BCUT2D eigenvalue weighted by Crippen LogP contribution is -2.44. The van der Waals surface area contributed by atoms with Crippen molar-refractivity contribution in [2.24, 2.45) is 5.73 Å². The molecule has 5 heterocycles. The van der Waals surface area contributed by atoms with Gasteiger partial charge in [-0.15, -0.1) is 5.92 Å². The van der Waals surface area contributed by atoms with Gasteiger partial charge in [-0.05, 0) is 44.0 Å². The van der Waals surface area contributed by atoms with Crippen molar-refractivity contribution in [3.63, 3.8) is 0 Å². The van der Waals surface area contributed by atoms with E-state index < -0.39 is 11.2 Å². The lowest BCUT2D eigenvalue weighted by Gasteiger charge is -2.31. The van der Waals surface area contributed by atoms with Crippen molar-refractivity contribution in [1.82, 2.24) is 28.7 Å². The molecule has 10 nitrogen and oxygen atoms in total. The highest BCUT2D eigenvalue weighted by molar-refractivity contribution is 5.79. The van der Waals surface area contributed by atoms with E-state index in [2.05, 4.69) is 16.7 Å². The molecule has 0 bridgehead atoms. The minimum atomic E-state index is -0.472. The van der Waals surface area contributed by atoms with Crippen LogP contribution < -0.4 is 21.9 Å². The molecule has 220 valence electrons. The van der Waals surface area contributed by atoms with Crippen LogP contribution in [0.15, 0.2) is 82.4 Å². The maximum absolute atomic E-state index is 14.3. The van der Waals surface area contributed by atoms with Gasteiger partial charge in [-0.1, -0.05) is 54.5 Å². The molecule has 2 N–H and O–H groups in total. The van der Waals surface area contributed by atoms with Crippen molar-refractivity contribution in [3.05, 3.63) is 105 Å². The SMILES string of the molecule is CC#CCn1c(N2CCC[C@@H](N)C2)nc2c1c(=O)n(Cc1ccc3ccccc3n1)c(=O)n2Cc1ccc2ccccc2n1. The average molecular weight is 585 g/mol. The lowest BCUT2D eigenvalue weighted by atomic mass is 10.1. The summed E-state index contributed by atoms with van der Waals surface area (Å²) in [5.74, 6) is 6.65. The molecule has 1 atom stereocenters. The summed E-state index contributed by atoms with van der Waals surface area (Å²) in [6.45, 7) is 3.53. The number of anilines is 1. The van der Waals surface area contributed by atoms with E-state index in [-0.39, 0.29) is 25.7 Å². The summed E-state index contributed by atoms with van der Waals surface area (Å²) >= 11 is 0. The highest BCUT2D eigenvalue weighted by Gasteiger charge is 2.27. The van der Waals surface area contributed by atoms with Crippen LogP contribution in [0.1, 0.15) is 31.2 Å². The van der Waals surface area contributed by atoms with Gasteiger partial charge < -0.3 is 10.6 Å². The topological polar surface area (TPSA) is 117 Å². The summed E-state index contributed by atoms with van der Waals surface area (Å²) < 4.78 is 4.64. The molecule has 0 radical (unpaired) electrons. The summed E-state index contributed by atoms with van der Waals surface area (Å²) in [5.41, 5.74) is 9.00. The fourth-order valence-corrected chi connectivity index (χ4v) is 6.02. The minimum Gasteiger partial charge on any atom is -0.341 e. The van der Waals surface area contributed by atoms with E-state index in [0.717, 1.165) is 41.2 Å². The second-order valence-electron chi connectivity index (χ2n) is 11.2. The molecule has 0 saturated carbocycles. The Balaban J connectivity index is 1.45. The van der Waals surface area contributed by atoms with Gasteiger partial charge in [-0.2, -0.15) is 4.98 Å². The third-order valence-corrected chi connectivity index (χ3v) is 8.20. The number of pyridine rings is 2. The van der Waals surface area contributed by atoms with Crippen LogP contribution in [-0.4, -0.2) is 47.8 Å². The van der Waals surface area contributed by atoms with Crippen LogP contribution in [0.3, 0.4) is 0 Å². The van der Waals surface area contributed by atoms with Crippen LogP contribution in [-0.2, 0) is 19.6 Å². The predicted octanol–water partition coefficient (Wildman–Crippen LogP) is 3.50. The smallest absolute Gasteiger partial charge is 0.333 e. The maximum Gasteiger partial charge on any atom is 0.333 e. The van der Waals surface area contributed by atoms with E-state index >= 15 is 0 Å². The van der Waals surface area contributed by atoms with E-state index in [0.29, 0.717) is 35.0 Å². The molecule has 1 saturated heterocycles. The molecular formula is C34H32N8O2. The summed E-state index contributed by atoms with van der Waals surface area (Å²) in [6, 6.07) is 23.3. The first kappa shape index (κ1) is 27.6. The standard InChI is InChI=1S/C34H32N8O2/c1-2-3-19-40-30-31(38-33(40)39-18-8-11-25(35)20-39)41(21-26-16-14-23-9-4-6-12-28(23)36-26)34(44)42(32(30)43)22-27-17-15-24-10-5-7-13-29(24)37-27/h4-7,9-10,12-17,25H,8,11,18-22,35H2,1H3/t25-/m1/s1. The first-order valence-corrected chi connectivity index (χ1v) is 14.8. The fourth-order valence-electron chi connectivity index (χ4n) is 6.02. The van der Waals surface area contributed by atoms with Crippen molar-refractivity contribution in [2.45, 2.75) is 45.4 Å². The summed E-state index contributed by atoms with van der Waals surface area (Å²) in [4.78, 5) is 45.2. The number of para-hydroxylation sites is 2. The summed E-state index contributed by atoms with van der Waals surface area (Å²) in [6.07, 6.45) is 1.84. The number of fused-ring (bicyclic) bond motifs is 3. The van der Waals surface area contributed by atoms with Gasteiger partial charge >= 0.3 is 5.69 Å². The number of hydrogen-bond acceptors (Lipinski definition) is 7. The minimum absolute atomic E-state index is 0.00565. The number of nitrogens with two attached hydrogens (primary N) is 1. The van der Waals surface area contributed by atoms with Gasteiger partial charge in [0.05, 0.1) is 42.1 Å². The number of rotatable bonds is 6. The van der Waals surface area contributed by atoms with Crippen LogP contribution in [0, 0.1) is 11.8 Å². The van der Waals surface area contributed by atoms with Gasteiger partial charge in [0.1, 0.15) is 0 Å². The Morgan fingerprint density at radius 1 is 0.818 bits per heavy atom. The van der Waals surface area contributed by atoms with Crippen LogP contribution in [0.2, 0.25) is 0 Å². The van der Waals surface area contributed by atoms with E-state index in [4.69, 9.17) is 20.7 Å². The van der Waals surface area contributed by atoms with Gasteiger partial charge in [-0.3, -0.25) is 28.5 Å². The van der Waals surface area contributed by atoms with Crippen LogP contribution in [0.5, 0.6) is 0 Å². The average Bonchev–Trinajstić information content (AvgIpc) is 3.43. The highest BCUT2D eigenvalue weighted by atomic mass is 16.2. The van der Waals surface area contributed by atoms with E-state index in [1.165, 1.54) is 4.57 Å². The molecule has 0 spiro atoms. The zero-order chi connectivity index (χ0) is 30.2. The Hall–Kier alpha value is -5.27. The molecule has 1 fully saturated rings. The third-order valence-electron chi connectivity index (χ3n) is 8.20. The summed E-state index contributed by atoms with van der Waals surface area (Å²) in [7, 11) is 0. The Morgan fingerprint density at radius 3 is 2.09 bits per heavy atom. The van der Waals surface area contributed by atoms with Gasteiger partial charge in [0.15, 0.2) is 11.2 Å². The molecule has 44 heavy (non-hydrogen) atoms. The molecule has 4 aromatic heterocycles.